The number of unbranched alkanes of at least 4 members (excludes halogenated alkanes) is 28. The Balaban J connectivity index is 4.25. The summed E-state index contributed by atoms with van der Waals surface area (Å²) >= 11 is 0. The van der Waals surface area contributed by atoms with Gasteiger partial charge in [0.15, 0.2) is 12.4 Å². The average Bonchev–Trinajstić information content (AvgIpc) is 3.42. The second-order valence-electron chi connectivity index (χ2n) is 22.7. The number of carboxylic acid groups (broad SMARTS) is 1. The molecule has 0 aromatic heterocycles. The number of nitrogens with zero attached hydrogens (tertiary/aromatic N) is 1. The third-order valence-electron chi connectivity index (χ3n) is 13.8. The molecule has 0 spiro atoms. The van der Waals surface area contributed by atoms with Gasteiger partial charge in [0.2, 0.25) is 0 Å². The lowest BCUT2D eigenvalue weighted by Gasteiger charge is -2.26. The van der Waals surface area contributed by atoms with Gasteiger partial charge in [0.25, 0.3) is 0 Å². The van der Waals surface area contributed by atoms with Gasteiger partial charge in [-0.1, -0.05) is 278 Å². The molecule has 0 bridgehead atoms. The molecular formula is C70H121NO8. The van der Waals surface area contributed by atoms with Crippen LogP contribution in [0.1, 0.15) is 271 Å². The summed E-state index contributed by atoms with van der Waals surface area (Å²) in [6, 6.07) is 0. The molecule has 0 saturated carbocycles. The molecule has 0 aromatic carbocycles. The van der Waals surface area contributed by atoms with Crippen molar-refractivity contribution in [3.63, 3.8) is 0 Å². The highest BCUT2D eigenvalue weighted by molar-refractivity contribution is 5.70. The number of carbonyl (C=O) groups is 3. The molecule has 2 atom stereocenters. The zero-order chi connectivity index (χ0) is 57.6. The number of esters is 2. The van der Waals surface area contributed by atoms with Crippen molar-refractivity contribution >= 4 is 17.9 Å². The zero-order valence-corrected chi connectivity index (χ0v) is 51.7. The highest BCUT2D eigenvalue weighted by Crippen LogP contribution is 2.17. The van der Waals surface area contributed by atoms with Crippen LogP contribution in [0.5, 0.6) is 0 Å². The van der Waals surface area contributed by atoms with E-state index >= 15 is 0 Å². The second kappa shape index (κ2) is 60.3. The van der Waals surface area contributed by atoms with E-state index in [1.165, 1.54) is 141 Å². The van der Waals surface area contributed by atoms with Crippen LogP contribution in [0.2, 0.25) is 0 Å². The molecular weight excluding hydrogens is 983 g/mol. The van der Waals surface area contributed by atoms with Gasteiger partial charge in [0.1, 0.15) is 13.2 Å². The van der Waals surface area contributed by atoms with Crippen LogP contribution in [0.4, 0.5) is 0 Å². The van der Waals surface area contributed by atoms with E-state index in [4.69, 9.17) is 18.9 Å². The highest BCUT2D eigenvalue weighted by Gasteiger charge is 2.22. The fourth-order valence-corrected chi connectivity index (χ4v) is 8.91. The number of carboxylic acids is 1. The summed E-state index contributed by atoms with van der Waals surface area (Å²) in [5, 5.41) is 11.8. The van der Waals surface area contributed by atoms with Gasteiger partial charge < -0.3 is 33.3 Å². The fourth-order valence-electron chi connectivity index (χ4n) is 8.91. The average molecular weight is 1100 g/mol. The number of carbonyl (C=O) groups excluding carboxylic acids is 3. The maximum Gasteiger partial charge on any atom is 0.306 e. The molecule has 0 aliphatic rings. The van der Waals surface area contributed by atoms with Gasteiger partial charge in [-0.05, 0) is 77.0 Å². The molecule has 0 aliphatic heterocycles. The summed E-state index contributed by atoms with van der Waals surface area (Å²) in [4.78, 5) is 37.4. The number of likely N-dealkylation sites (N-methyl/N-ethyl adjacent to an activating group) is 1. The number of ether oxygens (including phenoxy) is 4. The van der Waals surface area contributed by atoms with E-state index in [-0.39, 0.29) is 38.6 Å². The lowest BCUT2D eigenvalue weighted by atomic mass is 10.0. The number of aliphatic carboxylic acids is 1. The van der Waals surface area contributed by atoms with E-state index in [2.05, 4.69) is 111 Å². The van der Waals surface area contributed by atoms with Gasteiger partial charge in [-0.2, -0.15) is 0 Å². The van der Waals surface area contributed by atoms with Crippen LogP contribution in [0, 0.1) is 0 Å². The second-order valence-corrected chi connectivity index (χ2v) is 22.7. The number of hydrogen-bond donors (Lipinski definition) is 0. The van der Waals surface area contributed by atoms with Crippen molar-refractivity contribution in [3.8, 4) is 0 Å². The summed E-state index contributed by atoms with van der Waals surface area (Å²) < 4.78 is 22.7. The Morgan fingerprint density at radius 1 is 0.392 bits per heavy atom. The topological polar surface area (TPSA) is 111 Å². The fraction of sp³-hybridized carbons (Fsp3) is 0.729. The number of allylic oxidation sites excluding steroid dienone is 16. The third kappa shape index (κ3) is 61.7. The first-order valence-corrected chi connectivity index (χ1v) is 32.4. The van der Waals surface area contributed by atoms with Crippen molar-refractivity contribution in [3.05, 3.63) is 97.2 Å². The number of quaternary nitrogens is 1. The molecule has 0 heterocycles. The Kier molecular flexibility index (Phi) is 57.4. The summed E-state index contributed by atoms with van der Waals surface area (Å²) in [6.07, 6.45) is 79.0. The summed E-state index contributed by atoms with van der Waals surface area (Å²) in [5.74, 6) is -2.31. The van der Waals surface area contributed by atoms with E-state index in [1.54, 1.807) is 0 Å². The molecule has 0 aliphatic carbocycles. The minimum absolute atomic E-state index is 0.139. The Bertz CT molecular complexity index is 1620. The molecule has 0 radical (unpaired) electrons. The predicted molar refractivity (Wildman–Crippen MR) is 334 cm³/mol. The lowest BCUT2D eigenvalue weighted by Crippen LogP contribution is -2.44. The van der Waals surface area contributed by atoms with Crippen LogP contribution < -0.4 is 5.11 Å². The van der Waals surface area contributed by atoms with Crippen molar-refractivity contribution < 1.29 is 42.9 Å². The van der Waals surface area contributed by atoms with E-state index in [0.717, 1.165) is 96.3 Å². The number of hydrogen-bond acceptors (Lipinski definition) is 8. The lowest BCUT2D eigenvalue weighted by molar-refractivity contribution is -0.870. The largest absolute Gasteiger partial charge is 0.545 e. The molecule has 454 valence electrons. The van der Waals surface area contributed by atoms with Gasteiger partial charge in [0, 0.05) is 12.8 Å². The van der Waals surface area contributed by atoms with Gasteiger partial charge in [-0.15, -0.1) is 0 Å². The van der Waals surface area contributed by atoms with Crippen LogP contribution in [-0.4, -0.2) is 82.3 Å². The molecule has 2 unspecified atom stereocenters. The first-order valence-electron chi connectivity index (χ1n) is 32.4. The van der Waals surface area contributed by atoms with Crippen molar-refractivity contribution in [2.45, 2.75) is 283 Å². The molecule has 79 heavy (non-hydrogen) atoms. The quantitative estimate of drug-likeness (QED) is 0.0195. The van der Waals surface area contributed by atoms with Crippen LogP contribution in [0.3, 0.4) is 0 Å². The van der Waals surface area contributed by atoms with Crippen LogP contribution >= 0.6 is 0 Å². The SMILES string of the molecule is CC/C=C\C/C=C\C/C=C\C/C=C\C/C=C\C/C=C\C/C=C\C/C=C\CCCCCCC(=O)OC(COC(=O)CCCCCCCCCCCCCCCCCCCCCCCCCCC)COC(OCC[N+](C)(C)C)C(=O)[O-]. The van der Waals surface area contributed by atoms with Crippen molar-refractivity contribution in [2.75, 3.05) is 47.5 Å². The normalized spacial score (nSPS) is 13.4. The molecule has 0 rings (SSSR count). The Morgan fingerprint density at radius 2 is 0.722 bits per heavy atom. The van der Waals surface area contributed by atoms with E-state index < -0.39 is 24.3 Å². The first-order chi connectivity index (χ1) is 38.6. The third-order valence-corrected chi connectivity index (χ3v) is 13.8. The van der Waals surface area contributed by atoms with Gasteiger partial charge in [-0.25, -0.2) is 0 Å². The van der Waals surface area contributed by atoms with Gasteiger partial charge in [0.05, 0.1) is 40.3 Å². The Morgan fingerprint density at radius 3 is 1.08 bits per heavy atom. The monoisotopic (exact) mass is 1100 g/mol. The minimum Gasteiger partial charge on any atom is -0.545 e. The van der Waals surface area contributed by atoms with Gasteiger partial charge in [-0.3, -0.25) is 9.59 Å². The highest BCUT2D eigenvalue weighted by atomic mass is 16.7. The Labute approximate surface area is 486 Å². The van der Waals surface area contributed by atoms with Crippen molar-refractivity contribution in [1.82, 2.24) is 0 Å². The minimum atomic E-state index is -1.63. The maximum atomic E-state index is 12.9. The van der Waals surface area contributed by atoms with Crippen molar-refractivity contribution in [1.29, 1.82) is 0 Å². The van der Waals surface area contributed by atoms with Crippen LogP contribution in [-0.2, 0) is 33.3 Å². The molecule has 0 fully saturated rings. The molecule has 0 saturated heterocycles. The molecule has 9 nitrogen and oxygen atoms in total. The number of rotatable bonds is 59. The smallest absolute Gasteiger partial charge is 0.306 e. The molecule has 0 aromatic rings. The maximum absolute atomic E-state index is 12.9. The standard InChI is InChI=1S/C70H121NO8/c1-6-8-10-12-14-16-18-20-22-24-26-28-30-32-33-34-35-37-39-41-43-45-47-49-51-53-55-57-59-61-68(73)79-66(65-78-70(69(74)75)76-63-62-71(3,4)5)64-77-67(72)60-58-56-54-52-50-48-46-44-42-40-38-36-31-29-27-25-23-21-19-17-15-13-11-9-7-2/h8,10,14,16,20,22,26,28,32-33,35,37,41,43,47,49,66,70H,6-7,9,11-13,15,17-19,21,23-25,27,29-31,34,36,38-40,42,44-46,48,50-65H2,1-5H3/b10-8-,16-14-,22-20-,28-26-,33-32-,37-35-,43-41-,49-47-. The van der Waals surface area contributed by atoms with Crippen molar-refractivity contribution in [2.24, 2.45) is 0 Å². The summed E-state index contributed by atoms with van der Waals surface area (Å²) in [5.41, 5.74) is 0. The zero-order valence-electron chi connectivity index (χ0n) is 51.7. The van der Waals surface area contributed by atoms with Gasteiger partial charge >= 0.3 is 11.9 Å². The predicted octanol–water partition coefficient (Wildman–Crippen LogP) is 18.4. The summed E-state index contributed by atoms with van der Waals surface area (Å²) in [7, 11) is 5.91. The van der Waals surface area contributed by atoms with Crippen LogP contribution in [0.15, 0.2) is 97.2 Å². The van der Waals surface area contributed by atoms with E-state index in [0.29, 0.717) is 17.4 Å². The van der Waals surface area contributed by atoms with E-state index in [9.17, 15) is 19.5 Å². The molecule has 9 heteroatoms. The van der Waals surface area contributed by atoms with E-state index in [1.807, 2.05) is 21.1 Å². The molecule has 0 N–H and O–H groups in total. The van der Waals surface area contributed by atoms with Crippen LogP contribution in [0.25, 0.3) is 0 Å². The Hall–Kier alpha value is -3.79. The first kappa shape index (κ1) is 75.2. The molecule has 0 amide bonds. The summed E-state index contributed by atoms with van der Waals surface area (Å²) in [6.45, 7) is 4.63.